The zero-order valence-electron chi connectivity index (χ0n) is 14.1. The summed E-state index contributed by atoms with van der Waals surface area (Å²) in [5, 5.41) is 2.71. The quantitative estimate of drug-likeness (QED) is 0.785. The van der Waals surface area contributed by atoms with Crippen molar-refractivity contribution in [1.82, 2.24) is 14.6 Å². The molecule has 3 rings (SSSR count). The minimum atomic E-state index is -3.64. The molecule has 1 amide bonds. The molecule has 9 heteroatoms. The van der Waals surface area contributed by atoms with Crippen LogP contribution in [0.2, 0.25) is 0 Å². The van der Waals surface area contributed by atoms with Gasteiger partial charge in [-0.2, -0.15) is 4.31 Å². The van der Waals surface area contributed by atoms with Crippen LogP contribution < -0.4 is 5.32 Å². The SMILES string of the molecule is O=C(NCCc1ccc(F)cc1)c1cc(S(=O)(=O)N2CCOCC2)c[nH]1. The first-order valence-corrected chi connectivity index (χ1v) is 9.70. The van der Waals surface area contributed by atoms with Crippen molar-refractivity contribution in [2.24, 2.45) is 0 Å². The largest absolute Gasteiger partial charge is 0.379 e. The average Bonchev–Trinajstić information content (AvgIpc) is 3.15. The van der Waals surface area contributed by atoms with Crippen LogP contribution in [0, 0.1) is 5.82 Å². The first-order valence-electron chi connectivity index (χ1n) is 8.26. The third kappa shape index (κ3) is 4.29. The topological polar surface area (TPSA) is 91.5 Å². The Morgan fingerprint density at radius 1 is 1.23 bits per heavy atom. The third-order valence-corrected chi connectivity index (χ3v) is 6.00. The fourth-order valence-corrected chi connectivity index (χ4v) is 4.06. The van der Waals surface area contributed by atoms with Crippen LogP contribution >= 0.6 is 0 Å². The van der Waals surface area contributed by atoms with Gasteiger partial charge in [0.1, 0.15) is 16.4 Å². The summed E-state index contributed by atoms with van der Waals surface area (Å²) in [6, 6.07) is 7.38. The molecule has 26 heavy (non-hydrogen) atoms. The van der Waals surface area contributed by atoms with E-state index in [2.05, 4.69) is 10.3 Å². The molecule has 140 valence electrons. The van der Waals surface area contributed by atoms with Crippen LogP contribution in [0.1, 0.15) is 16.1 Å². The number of nitrogens with zero attached hydrogens (tertiary/aromatic N) is 1. The highest BCUT2D eigenvalue weighted by atomic mass is 32.2. The summed E-state index contributed by atoms with van der Waals surface area (Å²) in [7, 11) is -3.64. The molecule has 0 unspecified atom stereocenters. The number of benzene rings is 1. The Hall–Kier alpha value is -2.23. The molecule has 2 aromatic rings. The Kier molecular flexibility index (Phi) is 5.70. The standard InChI is InChI=1S/C17H20FN3O4S/c18-14-3-1-13(2-4-14)5-6-19-17(22)16-11-15(12-20-16)26(23,24)21-7-9-25-10-8-21/h1-4,11-12,20H,5-10H2,(H,19,22). The maximum atomic E-state index is 12.9. The Bertz CT molecular complexity index is 858. The number of aromatic amines is 1. The highest BCUT2D eigenvalue weighted by Gasteiger charge is 2.27. The number of halogens is 1. The molecule has 0 spiro atoms. The van der Waals surface area contributed by atoms with Crippen molar-refractivity contribution < 1.29 is 22.3 Å². The van der Waals surface area contributed by atoms with E-state index in [1.807, 2.05) is 0 Å². The zero-order chi connectivity index (χ0) is 18.6. The van der Waals surface area contributed by atoms with Gasteiger partial charge in [0.15, 0.2) is 0 Å². The second-order valence-corrected chi connectivity index (χ2v) is 7.84. The number of nitrogens with one attached hydrogen (secondary N) is 2. The fraction of sp³-hybridized carbons (Fsp3) is 0.353. The molecule has 7 nitrogen and oxygen atoms in total. The van der Waals surface area contributed by atoms with Crippen molar-refractivity contribution in [3.63, 3.8) is 0 Å². The van der Waals surface area contributed by atoms with E-state index in [0.29, 0.717) is 39.3 Å². The molecule has 0 aliphatic carbocycles. The van der Waals surface area contributed by atoms with Crippen LogP contribution in [0.4, 0.5) is 4.39 Å². The highest BCUT2D eigenvalue weighted by Crippen LogP contribution is 2.18. The summed E-state index contributed by atoms with van der Waals surface area (Å²) in [6.45, 7) is 1.68. The van der Waals surface area contributed by atoms with E-state index in [0.717, 1.165) is 5.56 Å². The molecule has 2 heterocycles. The van der Waals surface area contributed by atoms with Crippen LogP contribution in [-0.4, -0.2) is 56.5 Å². The molecule has 1 fully saturated rings. The molecular weight excluding hydrogens is 361 g/mol. The summed E-state index contributed by atoms with van der Waals surface area (Å²) in [5.41, 5.74) is 1.07. The molecular formula is C17H20FN3O4S. The van der Waals surface area contributed by atoms with Crippen molar-refractivity contribution in [3.8, 4) is 0 Å². The van der Waals surface area contributed by atoms with Crippen LogP contribution in [-0.2, 0) is 21.2 Å². The van der Waals surface area contributed by atoms with Gasteiger partial charge in [0, 0.05) is 25.8 Å². The van der Waals surface area contributed by atoms with Crippen molar-refractivity contribution >= 4 is 15.9 Å². The number of H-pyrrole nitrogens is 1. The Balaban J connectivity index is 1.58. The van der Waals surface area contributed by atoms with Crippen molar-refractivity contribution in [2.75, 3.05) is 32.8 Å². The zero-order valence-corrected chi connectivity index (χ0v) is 14.9. The lowest BCUT2D eigenvalue weighted by atomic mass is 10.1. The summed E-state index contributed by atoms with van der Waals surface area (Å²) in [6.07, 6.45) is 1.87. The van der Waals surface area contributed by atoms with E-state index in [1.54, 1.807) is 12.1 Å². The van der Waals surface area contributed by atoms with E-state index in [9.17, 15) is 17.6 Å². The van der Waals surface area contributed by atoms with Gasteiger partial charge >= 0.3 is 0 Å². The number of carbonyl (C=O) groups excluding carboxylic acids is 1. The van der Waals surface area contributed by atoms with Gasteiger partial charge in [-0.15, -0.1) is 0 Å². The number of hydrogen-bond donors (Lipinski definition) is 2. The lowest BCUT2D eigenvalue weighted by Gasteiger charge is -2.25. The average molecular weight is 381 g/mol. The van der Waals surface area contributed by atoms with Gasteiger partial charge in [-0.05, 0) is 30.2 Å². The van der Waals surface area contributed by atoms with Crippen LogP contribution in [0.15, 0.2) is 41.4 Å². The molecule has 0 saturated carbocycles. The van der Waals surface area contributed by atoms with Crippen molar-refractivity contribution in [3.05, 3.63) is 53.6 Å². The third-order valence-electron chi connectivity index (χ3n) is 4.12. The van der Waals surface area contributed by atoms with E-state index in [1.165, 1.54) is 28.7 Å². The molecule has 0 bridgehead atoms. The maximum absolute atomic E-state index is 12.9. The second-order valence-electron chi connectivity index (χ2n) is 5.90. The lowest BCUT2D eigenvalue weighted by molar-refractivity contribution is 0.0730. The molecule has 1 aromatic heterocycles. The Morgan fingerprint density at radius 2 is 1.92 bits per heavy atom. The predicted octanol–water partition coefficient (Wildman–Crippen LogP) is 1.15. The van der Waals surface area contributed by atoms with Gasteiger partial charge < -0.3 is 15.0 Å². The minimum absolute atomic E-state index is 0.0584. The monoisotopic (exact) mass is 381 g/mol. The Labute approximate surface area is 151 Å². The van der Waals surface area contributed by atoms with E-state index in [4.69, 9.17) is 4.74 Å². The molecule has 1 aliphatic heterocycles. The van der Waals surface area contributed by atoms with E-state index in [-0.39, 0.29) is 16.4 Å². The first kappa shape index (κ1) is 18.6. The van der Waals surface area contributed by atoms with Gasteiger partial charge in [-0.3, -0.25) is 4.79 Å². The van der Waals surface area contributed by atoms with Gasteiger partial charge in [-0.1, -0.05) is 12.1 Å². The first-order chi connectivity index (χ1) is 12.5. The number of sulfonamides is 1. The number of ether oxygens (including phenoxy) is 1. The lowest BCUT2D eigenvalue weighted by Crippen LogP contribution is -2.40. The molecule has 0 radical (unpaired) electrons. The van der Waals surface area contributed by atoms with Crippen LogP contribution in [0.25, 0.3) is 0 Å². The van der Waals surface area contributed by atoms with Crippen LogP contribution in [0.5, 0.6) is 0 Å². The smallest absolute Gasteiger partial charge is 0.267 e. The van der Waals surface area contributed by atoms with Gasteiger partial charge in [0.25, 0.3) is 5.91 Å². The van der Waals surface area contributed by atoms with Crippen molar-refractivity contribution in [1.29, 1.82) is 0 Å². The van der Waals surface area contributed by atoms with Crippen LogP contribution in [0.3, 0.4) is 0 Å². The summed E-state index contributed by atoms with van der Waals surface area (Å²) < 4.78 is 44.4. The molecule has 1 aliphatic rings. The van der Waals surface area contributed by atoms with Gasteiger partial charge in [-0.25, -0.2) is 12.8 Å². The number of rotatable bonds is 6. The van der Waals surface area contributed by atoms with E-state index >= 15 is 0 Å². The Morgan fingerprint density at radius 3 is 2.62 bits per heavy atom. The number of hydrogen-bond acceptors (Lipinski definition) is 4. The summed E-state index contributed by atoms with van der Waals surface area (Å²) >= 11 is 0. The molecule has 0 atom stereocenters. The predicted molar refractivity (Wildman–Crippen MR) is 92.8 cm³/mol. The number of morpholine rings is 1. The highest BCUT2D eigenvalue weighted by molar-refractivity contribution is 7.89. The molecule has 2 N–H and O–H groups in total. The second kappa shape index (κ2) is 7.98. The summed E-state index contributed by atoms with van der Waals surface area (Å²) in [4.78, 5) is 14.9. The van der Waals surface area contributed by atoms with Gasteiger partial charge in [0.05, 0.1) is 13.2 Å². The van der Waals surface area contributed by atoms with E-state index < -0.39 is 15.9 Å². The number of amides is 1. The maximum Gasteiger partial charge on any atom is 0.267 e. The van der Waals surface area contributed by atoms with Crippen molar-refractivity contribution in [2.45, 2.75) is 11.3 Å². The van der Waals surface area contributed by atoms with Gasteiger partial charge in [0.2, 0.25) is 10.0 Å². The number of carbonyl (C=O) groups is 1. The molecule has 1 saturated heterocycles. The molecule has 1 aromatic carbocycles. The summed E-state index contributed by atoms with van der Waals surface area (Å²) in [5.74, 6) is -0.700. The normalized spacial score (nSPS) is 15.7. The number of aromatic nitrogens is 1. The fourth-order valence-electron chi connectivity index (χ4n) is 2.66. The minimum Gasteiger partial charge on any atom is -0.379 e.